The molecule has 3 aromatic rings. The second kappa shape index (κ2) is 9.45. The molecule has 9 nitrogen and oxygen atoms in total. The summed E-state index contributed by atoms with van der Waals surface area (Å²) in [6, 6.07) is 9.64. The lowest BCUT2D eigenvalue weighted by Gasteiger charge is -2.46. The van der Waals surface area contributed by atoms with Crippen molar-refractivity contribution >= 4 is 23.0 Å². The fourth-order valence-electron chi connectivity index (χ4n) is 5.02. The SMILES string of the molecule is CCn1c(=O)[nH]c2cnc(N[C@@H](C)c3ccc(C(CC4CC4)N(C)C4CN(C(C)=O)C4)cc3)nc21. The van der Waals surface area contributed by atoms with Crippen molar-refractivity contribution in [2.24, 2.45) is 5.92 Å². The number of fused-ring (bicyclic) bond motifs is 1. The quantitative estimate of drug-likeness (QED) is 0.491. The Morgan fingerprint density at radius 2 is 1.91 bits per heavy atom. The average Bonchev–Trinajstić information content (AvgIpc) is 3.57. The van der Waals surface area contributed by atoms with Gasteiger partial charge in [0.15, 0.2) is 5.65 Å². The van der Waals surface area contributed by atoms with E-state index in [2.05, 4.69) is 63.4 Å². The van der Waals surface area contributed by atoms with Gasteiger partial charge in [0.1, 0.15) is 5.52 Å². The van der Waals surface area contributed by atoms with Crippen LogP contribution in [0.5, 0.6) is 0 Å². The molecular weight excluding hydrogens is 442 g/mol. The van der Waals surface area contributed by atoms with Crippen LogP contribution in [0.3, 0.4) is 0 Å². The molecular formula is C26H35N7O2. The van der Waals surface area contributed by atoms with E-state index in [9.17, 15) is 9.59 Å². The number of aryl methyl sites for hydroxylation is 1. The number of likely N-dealkylation sites (N-methyl/N-ethyl adjacent to an activating group) is 1. The summed E-state index contributed by atoms with van der Waals surface area (Å²) in [4.78, 5) is 39.8. The van der Waals surface area contributed by atoms with Crippen LogP contribution in [0.2, 0.25) is 0 Å². The first-order chi connectivity index (χ1) is 16.8. The Labute approximate surface area is 205 Å². The highest BCUT2D eigenvalue weighted by Crippen LogP contribution is 2.41. The van der Waals surface area contributed by atoms with Gasteiger partial charge in [-0.3, -0.25) is 14.3 Å². The number of amides is 1. The maximum Gasteiger partial charge on any atom is 0.327 e. The van der Waals surface area contributed by atoms with Crippen LogP contribution in [-0.4, -0.2) is 61.4 Å². The number of aromatic nitrogens is 4. The van der Waals surface area contributed by atoms with Crippen LogP contribution in [0.25, 0.3) is 11.2 Å². The summed E-state index contributed by atoms with van der Waals surface area (Å²) in [5.41, 5.74) is 3.57. The molecule has 1 saturated heterocycles. The van der Waals surface area contributed by atoms with Crippen LogP contribution in [-0.2, 0) is 11.3 Å². The number of nitrogens with one attached hydrogen (secondary N) is 2. The molecule has 1 aliphatic heterocycles. The zero-order chi connectivity index (χ0) is 24.7. The summed E-state index contributed by atoms with van der Waals surface area (Å²) in [5.74, 6) is 1.48. The summed E-state index contributed by atoms with van der Waals surface area (Å²) >= 11 is 0. The Morgan fingerprint density at radius 3 is 2.54 bits per heavy atom. The third-order valence-electron chi connectivity index (χ3n) is 7.62. The van der Waals surface area contributed by atoms with Gasteiger partial charge < -0.3 is 15.2 Å². The predicted octanol–water partition coefficient (Wildman–Crippen LogP) is 3.32. The third-order valence-corrected chi connectivity index (χ3v) is 7.62. The lowest BCUT2D eigenvalue weighted by molar-refractivity contribution is -0.136. The van der Waals surface area contributed by atoms with E-state index in [-0.39, 0.29) is 17.6 Å². The summed E-state index contributed by atoms with van der Waals surface area (Å²) in [5, 5.41) is 3.38. The predicted molar refractivity (Wildman–Crippen MR) is 136 cm³/mol. The molecule has 1 saturated carbocycles. The van der Waals surface area contributed by atoms with E-state index in [1.165, 1.54) is 24.8 Å². The molecule has 2 aromatic heterocycles. The van der Waals surface area contributed by atoms with Gasteiger partial charge in [0, 0.05) is 38.6 Å². The first kappa shape index (κ1) is 23.5. The van der Waals surface area contributed by atoms with Crippen molar-refractivity contribution in [1.29, 1.82) is 0 Å². The molecule has 2 atom stereocenters. The van der Waals surface area contributed by atoms with Crippen molar-refractivity contribution in [3.05, 3.63) is 52.1 Å². The van der Waals surface area contributed by atoms with E-state index in [4.69, 9.17) is 0 Å². The molecule has 9 heteroatoms. The lowest BCUT2D eigenvalue weighted by Crippen LogP contribution is -2.60. The fraction of sp³-hybridized carbons (Fsp3) is 0.538. The molecule has 186 valence electrons. The number of H-pyrrole nitrogens is 1. The molecule has 2 N–H and O–H groups in total. The minimum absolute atomic E-state index is 0.0117. The van der Waals surface area contributed by atoms with E-state index in [0.29, 0.717) is 35.7 Å². The maximum atomic E-state index is 12.0. The Balaban J connectivity index is 1.29. The number of hydrogen-bond donors (Lipinski definition) is 2. The number of aromatic amines is 1. The molecule has 2 fully saturated rings. The first-order valence-corrected chi connectivity index (χ1v) is 12.6. The van der Waals surface area contributed by atoms with Crippen LogP contribution < -0.4 is 11.0 Å². The van der Waals surface area contributed by atoms with Crippen molar-refractivity contribution in [2.45, 2.75) is 64.7 Å². The van der Waals surface area contributed by atoms with E-state index >= 15 is 0 Å². The van der Waals surface area contributed by atoms with Crippen LogP contribution in [0, 0.1) is 5.92 Å². The Morgan fingerprint density at radius 1 is 1.23 bits per heavy atom. The van der Waals surface area contributed by atoms with E-state index < -0.39 is 0 Å². The number of carbonyl (C=O) groups excluding carboxylic acids is 1. The van der Waals surface area contributed by atoms with Gasteiger partial charge in [-0.05, 0) is 44.4 Å². The molecule has 2 aliphatic rings. The van der Waals surface area contributed by atoms with Crippen molar-refractivity contribution in [3.8, 4) is 0 Å². The first-order valence-electron chi connectivity index (χ1n) is 12.6. The maximum absolute atomic E-state index is 12.0. The highest BCUT2D eigenvalue weighted by Gasteiger charge is 2.37. The highest BCUT2D eigenvalue weighted by molar-refractivity contribution is 5.74. The molecule has 1 amide bonds. The molecule has 5 rings (SSSR count). The van der Waals surface area contributed by atoms with Gasteiger partial charge in [-0.2, -0.15) is 4.98 Å². The Kier molecular flexibility index (Phi) is 6.35. The number of carbonyl (C=O) groups is 1. The number of benzene rings is 1. The summed E-state index contributed by atoms with van der Waals surface area (Å²) in [7, 11) is 2.21. The number of imidazole rings is 1. The largest absolute Gasteiger partial charge is 0.348 e. The van der Waals surface area contributed by atoms with Gasteiger partial charge in [-0.25, -0.2) is 9.78 Å². The molecule has 1 unspecified atom stereocenters. The average molecular weight is 478 g/mol. The van der Waals surface area contributed by atoms with Gasteiger partial charge in [-0.15, -0.1) is 0 Å². The van der Waals surface area contributed by atoms with Crippen molar-refractivity contribution < 1.29 is 4.79 Å². The van der Waals surface area contributed by atoms with Crippen LogP contribution >= 0.6 is 0 Å². The zero-order valence-electron chi connectivity index (χ0n) is 21.0. The standard InChI is InChI=1S/C26H35N7O2/c1-5-33-24-22(29-26(33)35)13-27-25(30-24)28-16(2)19-8-10-20(11-9-19)23(12-18-6-7-18)31(4)21-14-32(15-21)17(3)34/h8-11,13,16,18,21,23H,5-7,12,14-15H2,1-4H3,(H,29,35)(H,27,28,30)/t16-,23?/m0/s1. The number of anilines is 1. The fourth-order valence-corrected chi connectivity index (χ4v) is 5.02. The smallest absolute Gasteiger partial charge is 0.327 e. The van der Waals surface area contributed by atoms with Gasteiger partial charge >= 0.3 is 5.69 Å². The normalized spacial score (nSPS) is 18.0. The van der Waals surface area contributed by atoms with Crippen molar-refractivity contribution in [1.82, 2.24) is 29.3 Å². The third kappa shape index (κ3) is 4.82. The van der Waals surface area contributed by atoms with Crippen molar-refractivity contribution in [2.75, 3.05) is 25.5 Å². The number of hydrogen-bond acceptors (Lipinski definition) is 6. The number of likely N-dealkylation sites (tertiary alicyclic amines) is 1. The second-order valence-electron chi connectivity index (χ2n) is 10.1. The zero-order valence-corrected chi connectivity index (χ0v) is 21.0. The molecule has 1 aliphatic carbocycles. The van der Waals surface area contributed by atoms with Gasteiger partial charge in [0.25, 0.3) is 0 Å². The molecule has 0 spiro atoms. The highest BCUT2D eigenvalue weighted by atomic mass is 16.2. The summed E-state index contributed by atoms with van der Waals surface area (Å²) < 4.78 is 1.61. The topological polar surface area (TPSA) is 99.1 Å². The minimum Gasteiger partial charge on any atom is -0.348 e. The Bertz CT molecular complexity index is 1250. The van der Waals surface area contributed by atoms with E-state index in [1.807, 2.05) is 11.8 Å². The van der Waals surface area contributed by atoms with Crippen LogP contribution in [0.4, 0.5) is 5.95 Å². The molecule has 35 heavy (non-hydrogen) atoms. The summed E-state index contributed by atoms with van der Waals surface area (Å²) in [6.07, 6.45) is 5.47. The van der Waals surface area contributed by atoms with E-state index in [1.54, 1.807) is 17.7 Å². The van der Waals surface area contributed by atoms with Gasteiger partial charge in [-0.1, -0.05) is 37.1 Å². The summed E-state index contributed by atoms with van der Waals surface area (Å²) in [6.45, 7) is 7.86. The van der Waals surface area contributed by atoms with Crippen LogP contribution in [0.1, 0.15) is 63.2 Å². The van der Waals surface area contributed by atoms with Crippen LogP contribution in [0.15, 0.2) is 35.3 Å². The van der Waals surface area contributed by atoms with Crippen molar-refractivity contribution in [3.63, 3.8) is 0 Å². The molecule has 1 aromatic carbocycles. The second-order valence-corrected chi connectivity index (χ2v) is 10.1. The van der Waals surface area contributed by atoms with Gasteiger partial charge in [0.05, 0.1) is 12.2 Å². The Hall–Kier alpha value is -3.20. The lowest BCUT2D eigenvalue weighted by atomic mass is 9.94. The molecule has 0 radical (unpaired) electrons. The molecule has 0 bridgehead atoms. The number of rotatable bonds is 9. The monoisotopic (exact) mass is 477 g/mol. The molecule has 3 heterocycles. The van der Waals surface area contributed by atoms with Gasteiger partial charge in [0.2, 0.25) is 11.9 Å². The van der Waals surface area contributed by atoms with E-state index in [0.717, 1.165) is 24.6 Å². The minimum atomic E-state index is -0.167. The number of nitrogens with zero attached hydrogens (tertiary/aromatic N) is 5.